The van der Waals surface area contributed by atoms with Crippen molar-refractivity contribution < 1.29 is 28.7 Å². The Hall–Kier alpha value is -5.74. The molecule has 2 aromatic carbocycles. The number of benzene rings is 2. The van der Waals surface area contributed by atoms with Gasteiger partial charge in [0, 0.05) is 69.6 Å². The van der Waals surface area contributed by atoms with Crippen LogP contribution in [0.15, 0.2) is 73.6 Å². The molecule has 2 unspecified atom stereocenters. The van der Waals surface area contributed by atoms with Crippen LogP contribution in [0, 0.1) is 13.8 Å². The van der Waals surface area contributed by atoms with Gasteiger partial charge in [-0.25, -0.2) is 19.6 Å². The number of piperazine rings is 2. The fourth-order valence-corrected chi connectivity index (χ4v) is 6.37. The summed E-state index contributed by atoms with van der Waals surface area (Å²) in [6.45, 7) is 18.7. The number of aromatic nitrogens is 4. The maximum absolute atomic E-state index is 13.4. The number of carbonyl (C=O) groups excluding carboxylic acids is 4. The van der Waals surface area contributed by atoms with Crippen molar-refractivity contribution in [2.24, 2.45) is 0 Å². The van der Waals surface area contributed by atoms with E-state index in [0.29, 0.717) is 18.8 Å². The van der Waals surface area contributed by atoms with Crippen LogP contribution >= 0.6 is 0 Å². The predicted molar refractivity (Wildman–Crippen MR) is 221 cm³/mol. The molecule has 4 amide bonds. The van der Waals surface area contributed by atoms with Gasteiger partial charge >= 0.3 is 12.2 Å². The summed E-state index contributed by atoms with van der Waals surface area (Å²) in [5.41, 5.74) is 4.05. The number of amides is 4. The third-order valence-electron chi connectivity index (χ3n) is 8.96. The Labute approximate surface area is 340 Å². The van der Waals surface area contributed by atoms with Crippen LogP contribution in [0.25, 0.3) is 0 Å². The number of carbonyl (C=O) groups is 4. The zero-order valence-electron chi connectivity index (χ0n) is 34.9. The molecule has 4 aromatic rings. The van der Waals surface area contributed by atoms with Crippen molar-refractivity contribution in [2.75, 3.05) is 49.9 Å². The molecule has 4 N–H and O–H groups in total. The summed E-state index contributed by atoms with van der Waals surface area (Å²) < 4.78 is 15.0. The maximum Gasteiger partial charge on any atom is 0.411 e. The lowest BCUT2D eigenvalue weighted by atomic mass is 10.1. The molecule has 16 heteroatoms. The van der Waals surface area contributed by atoms with Crippen molar-refractivity contribution in [1.82, 2.24) is 39.5 Å². The molecule has 6 rings (SSSR count). The Morgan fingerprint density at radius 3 is 1.76 bits per heavy atom. The number of nitrogens with one attached hydrogen (secondary N) is 4. The first-order valence-corrected chi connectivity index (χ1v) is 19.6. The van der Waals surface area contributed by atoms with E-state index >= 15 is 0 Å². The van der Waals surface area contributed by atoms with E-state index in [-0.39, 0.29) is 31.6 Å². The van der Waals surface area contributed by atoms with Gasteiger partial charge in [-0.15, -0.1) is 0 Å². The molecule has 2 aliphatic heterocycles. The standard InChI is InChI=1S/C26H37N5O5.C16H21N5O/c1-18-14-29(17-27-18)15-19-9-8-10-20(13-19)28-22(32)21-16-30(23(33)35-25(2,3)4)11-12-31(21)24(34)36-26(5,6)7;1-12-9-21(11-19-12)10-13-3-2-4-14(7-13)20-16(22)15-8-17-5-6-18-15/h8-10,13-14,17,21H,11-12,15-16H2,1-7H3,(H,28,32);2-4,7,9,11,15,17-18H,5-6,8,10H2,1H3,(H,20,22). The van der Waals surface area contributed by atoms with Gasteiger partial charge in [-0.1, -0.05) is 24.3 Å². The minimum absolute atomic E-state index is 0.00262. The number of anilines is 2. The van der Waals surface area contributed by atoms with E-state index in [1.54, 1.807) is 53.9 Å². The number of aryl methyl sites for hydroxylation is 2. The van der Waals surface area contributed by atoms with E-state index in [0.717, 1.165) is 47.8 Å². The largest absolute Gasteiger partial charge is 0.444 e. The molecule has 0 radical (unpaired) electrons. The van der Waals surface area contributed by atoms with Crippen LogP contribution in [0.5, 0.6) is 0 Å². The van der Waals surface area contributed by atoms with Crippen LogP contribution in [-0.2, 0) is 32.2 Å². The molecule has 0 spiro atoms. The number of imidazole rings is 2. The Morgan fingerprint density at radius 2 is 1.28 bits per heavy atom. The van der Waals surface area contributed by atoms with Gasteiger partial charge in [-0.2, -0.15) is 0 Å². The van der Waals surface area contributed by atoms with Gasteiger partial charge in [0.05, 0.1) is 36.6 Å². The molecular weight excluding hydrogens is 741 g/mol. The molecule has 0 saturated carbocycles. The number of hydrogen-bond acceptors (Lipinski definition) is 10. The first-order valence-electron chi connectivity index (χ1n) is 19.6. The van der Waals surface area contributed by atoms with E-state index in [2.05, 4.69) is 31.2 Å². The van der Waals surface area contributed by atoms with Crippen molar-refractivity contribution in [2.45, 2.75) is 91.8 Å². The smallest absolute Gasteiger partial charge is 0.411 e. The van der Waals surface area contributed by atoms with Crippen LogP contribution in [-0.4, -0.2) is 115 Å². The first kappa shape index (κ1) is 43.4. The summed E-state index contributed by atoms with van der Waals surface area (Å²) in [6.07, 6.45) is 6.39. The number of ether oxygens (including phenoxy) is 2. The average molecular weight is 799 g/mol. The minimum atomic E-state index is -0.943. The second-order valence-electron chi connectivity index (χ2n) is 16.6. The van der Waals surface area contributed by atoms with E-state index in [4.69, 9.17) is 9.47 Å². The molecule has 2 atom stereocenters. The zero-order chi connectivity index (χ0) is 42.0. The molecule has 58 heavy (non-hydrogen) atoms. The lowest BCUT2D eigenvalue weighted by molar-refractivity contribution is -0.123. The Bertz CT molecular complexity index is 2020. The van der Waals surface area contributed by atoms with Gasteiger partial charge < -0.3 is 44.8 Å². The fourth-order valence-electron chi connectivity index (χ4n) is 6.37. The van der Waals surface area contributed by atoms with Crippen LogP contribution in [0.4, 0.5) is 21.0 Å². The highest BCUT2D eigenvalue weighted by molar-refractivity contribution is 5.97. The van der Waals surface area contributed by atoms with Gasteiger partial charge in [0.2, 0.25) is 11.8 Å². The normalized spacial score (nSPS) is 17.1. The maximum atomic E-state index is 13.4. The lowest BCUT2D eigenvalue weighted by Crippen LogP contribution is -2.61. The second-order valence-corrected chi connectivity index (χ2v) is 16.6. The molecule has 312 valence electrons. The average Bonchev–Trinajstić information content (AvgIpc) is 3.76. The highest BCUT2D eigenvalue weighted by Crippen LogP contribution is 2.21. The van der Waals surface area contributed by atoms with E-state index in [1.165, 1.54) is 9.80 Å². The first-order chi connectivity index (χ1) is 27.4. The predicted octanol–water partition coefficient (Wildman–Crippen LogP) is 4.77. The van der Waals surface area contributed by atoms with Crippen molar-refractivity contribution >= 4 is 35.4 Å². The molecular formula is C42H58N10O6. The molecule has 0 aliphatic carbocycles. The monoisotopic (exact) mass is 798 g/mol. The van der Waals surface area contributed by atoms with Crippen LogP contribution < -0.4 is 21.3 Å². The van der Waals surface area contributed by atoms with Crippen LogP contribution in [0.2, 0.25) is 0 Å². The quantitative estimate of drug-likeness (QED) is 0.194. The van der Waals surface area contributed by atoms with Crippen molar-refractivity contribution in [1.29, 1.82) is 0 Å². The van der Waals surface area contributed by atoms with Crippen molar-refractivity contribution in [3.8, 4) is 0 Å². The third kappa shape index (κ3) is 13.4. The van der Waals surface area contributed by atoms with Gasteiger partial charge in [0.1, 0.15) is 17.2 Å². The van der Waals surface area contributed by atoms with Crippen LogP contribution in [0.1, 0.15) is 64.1 Å². The second kappa shape index (κ2) is 19.1. The van der Waals surface area contributed by atoms with E-state index in [9.17, 15) is 19.2 Å². The highest BCUT2D eigenvalue weighted by atomic mass is 16.6. The zero-order valence-corrected chi connectivity index (χ0v) is 34.9. The number of hydrogen-bond donors (Lipinski definition) is 4. The van der Waals surface area contributed by atoms with E-state index < -0.39 is 35.3 Å². The number of rotatable bonds is 8. The summed E-state index contributed by atoms with van der Waals surface area (Å²) >= 11 is 0. The van der Waals surface area contributed by atoms with Gasteiger partial charge in [0.25, 0.3) is 0 Å². The fraction of sp³-hybridized carbons (Fsp3) is 0.476. The van der Waals surface area contributed by atoms with Crippen molar-refractivity contribution in [3.05, 3.63) is 96.1 Å². The summed E-state index contributed by atoms with van der Waals surface area (Å²) in [5.74, 6) is -0.410. The molecule has 4 heterocycles. The molecule has 2 aliphatic rings. The van der Waals surface area contributed by atoms with Gasteiger partial charge in [-0.3, -0.25) is 14.5 Å². The third-order valence-corrected chi connectivity index (χ3v) is 8.96. The molecule has 0 bridgehead atoms. The van der Waals surface area contributed by atoms with Crippen LogP contribution in [0.3, 0.4) is 0 Å². The lowest BCUT2D eigenvalue weighted by Gasteiger charge is -2.41. The molecule has 2 fully saturated rings. The minimum Gasteiger partial charge on any atom is -0.444 e. The Kier molecular flexibility index (Phi) is 14.3. The molecule has 16 nitrogen and oxygen atoms in total. The summed E-state index contributed by atoms with van der Waals surface area (Å²) in [4.78, 5) is 62.5. The topological polar surface area (TPSA) is 177 Å². The number of nitrogens with zero attached hydrogens (tertiary/aromatic N) is 6. The van der Waals surface area contributed by atoms with Gasteiger partial charge in [-0.05, 0) is 90.8 Å². The summed E-state index contributed by atoms with van der Waals surface area (Å²) in [7, 11) is 0. The van der Waals surface area contributed by atoms with Crippen molar-refractivity contribution in [3.63, 3.8) is 0 Å². The molecule has 2 aromatic heterocycles. The summed E-state index contributed by atoms with van der Waals surface area (Å²) in [5, 5.41) is 12.3. The van der Waals surface area contributed by atoms with Gasteiger partial charge in [0.15, 0.2) is 0 Å². The SMILES string of the molecule is Cc1cn(Cc2cccc(NC(=O)C3CN(C(=O)OC(C)(C)C)CCN3C(=O)OC(C)(C)C)c2)cn1.Cc1cn(Cc2cccc(NC(=O)C3CNCCN3)c2)cn1. The highest BCUT2D eigenvalue weighted by Gasteiger charge is 2.40. The molecule has 2 saturated heterocycles. The Morgan fingerprint density at radius 1 is 0.741 bits per heavy atom. The Balaban J connectivity index is 0.000000247. The van der Waals surface area contributed by atoms with E-state index in [1.807, 2.05) is 84.2 Å². The summed E-state index contributed by atoms with van der Waals surface area (Å²) in [6, 6.07) is 14.3.